The molecular weight excluding hydrogens is 414 g/mol. The fourth-order valence-electron chi connectivity index (χ4n) is 4.66. The fraction of sp³-hybridized carbons (Fsp3) is 1.00. The molecule has 0 aliphatic heterocycles. The number of halogens is 1. The molecule has 1 atom stereocenters. The molecule has 0 aromatic carbocycles. The van der Waals surface area contributed by atoms with Crippen molar-refractivity contribution in [2.45, 2.75) is 115 Å². The standard InChI is InChI=1S/C24H54NO3Si.ClH/c1-7-8-9-10-11-12-13-14-15-16-17-18-19-20-21-25(2,3)24(27-5,28-6)23(22-29)26-4;/h23H,7-22H2,1-6,29H3;1H/q+1;/p-1. The molecule has 0 rings (SSSR count). The summed E-state index contributed by atoms with van der Waals surface area (Å²) in [5, 5.41) is 0. The lowest BCUT2D eigenvalue weighted by molar-refractivity contribution is -0.999. The molecule has 0 amide bonds. The molecule has 30 heavy (non-hydrogen) atoms. The quantitative estimate of drug-likeness (QED) is 0.112. The van der Waals surface area contributed by atoms with Crippen LogP contribution in [0, 0.1) is 0 Å². The van der Waals surface area contributed by atoms with Crippen LogP contribution in [0.2, 0.25) is 6.04 Å². The van der Waals surface area contributed by atoms with Gasteiger partial charge in [0.1, 0.15) is 0 Å². The van der Waals surface area contributed by atoms with Crippen molar-refractivity contribution in [2.75, 3.05) is 42.0 Å². The SMILES string of the molecule is CCCCCCCCCCCCCCCC[N+](C)(C)C(OC)(OC)C(C[SiH3])OC.[Cl-]. The first-order chi connectivity index (χ1) is 14.0. The van der Waals surface area contributed by atoms with Gasteiger partial charge in [0.15, 0.2) is 6.10 Å². The number of rotatable bonds is 21. The maximum atomic E-state index is 5.91. The van der Waals surface area contributed by atoms with Gasteiger partial charge in [0.2, 0.25) is 0 Å². The topological polar surface area (TPSA) is 27.7 Å². The smallest absolute Gasteiger partial charge is 0.345 e. The molecule has 0 aliphatic carbocycles. The number of ether oxygens (including phenoxy) is 3. The van der Waals surface area contributed by atoms with E-state index in [9.17, 15) is 0 Å². The Balaban J connectivity index is 0. The normalized spacial score (nSPS) is 13.4. The summed E-state index contributed by atoms with van der Waals surface area (Å²) in [7, 11) is 10.7. The highest BCUT2D eigenvalue weighted by molar-refractivity contribution is 6.08. The first-order valence-electron chi connectivity index (χ1n) is 12.4. The second-order valence-electron chi connectivity index (χ2n) is 9.18. The lowest BCUT2D eigenvalue weighted by Crippen LogP contribution is -3.00. The highest BCUT2D eigenvalue weighted by atomic mass is 35.5. The summed E-state index contributed by atoms with van der Waals surface area (Å²) >= 11 is 0. The van der Waals surface area contributed by atoms with Crippen molar-refractivity contribution in [1.29, 1.82) is 0 Å². The zero-order valence-corrected chi connectivity index (χ0v) is 24.2. The Labute approximate surface area is 198 Å². The molecule has 0 spiro atoms. The van der Waals surface area contributed by atoms with Crippen molar-refractivity contribution in [3.63, 3.8) is 0 Å². The molecule has 0 fully saturated rings. The van der Waals surface area contributed by atoms with Gasteiger partial charge >= 0.3 is 5.91 Å². The van der Waals surface area contributed by atoms with Gasteiger partial charge in [-0.2, -0.15) is 0 Å². The van der Waals surface area contributed by atoms with E-state index in [4.69, 9.17) is 14.2 Å². The highest BCUT2D eigenvalue weighted by Gasteiger charge is 2.53. The van der Waals surface area contributed by atoms with Crippen molar-refractivity contribution in [3.8, 4) is 0 Å². The third-order valence-corrected chi connectivity index (χ3v) is 7.30. The molecule has 6 heteroatoms. The van der Waals surface area contributed by atoms with Gasteiger partial charge < -0.3 is 26.6 Å². The van der Waals surface area contributed by atoms with Crippen LogP contribution in [0.1, 0.15) is 96.8 Å². The zero-order valence-electron chi connectivity index (χ0n) is 21.4. The molecule has 1 unspecified atom stereocenters. The molecule has 0 aromatic heterocycles. The van der Waals surface area contributed by atoms with E-state index < -0.39 is 5.91 Å². The Kier molecular flexibility index (Phi) is 21.7. The molecule has 0 radical (unpaired) electrons. The molecular formula is C24H54ClNO3Si. The van der Waals surface area contributed by atoms with E-state index >= 15 is 0 Å². The first kappa shape index (κ1) is 32.5. The van der Waals surface area contributed by atoms with Crippen LogP contribution in [0.3, 0.4) is 0 Å². The number of methoxy groups -OCH3 is 3. The second-order valence-corrected chi connectivity index (χ2v) is 9.99. The monoisotopic (exact) mass is 467 g/mol. The molecule has 0 saturated carbocycles. The number of quaternary nitrogens is 1. The van der Waals surface area contributed by atoms with Crippen LogP contribution in [0.4, 0.5) is 0 Å². The van der Waals surface area contributed by atoms with Gasteiger partial charge in [0.05, 0.1) is 20.6 Å². The Hall–Kier alpha value is 0.347. The Bertz CT molecular complexity index is 364. The Morgan fingerprint density at radius 2 is 1.07 bits per heavy atom. The summed E-state index contributed by atoms with van der Waals surface area (Å²) in [4.78, 5) is 0. The van der Waals surface area contributed by atoms with E-state index in [0.717, 1.165) is 22.8 Å². The minimum Gasteiger partial charge on any atom is -1.00 e. The number of hydrogen-bond acceptors (Lipinski definition) is 3. The van der Waals surface area contributed by atoms with E-state index in [1.54, 1.807) is 21.3 Å². The van der Waals surface area contributed by atoms with E-state index in [2.05, 4.69) is 21.0 Å². The van der Waals surface area contributed by atoms with Crippen LogP contribution in [-0.4, -0.2) is 68.7 Å². The van der Waals surface area contributed by atoms with E-state index in [0.29, 0.717) is 4.48 Å². The highest BCUT2D eigenvalue weighted by Crippen LogP contribution is 2.31. The first-order valence-corrected chi connectivity index (χ1v) is 13.8. The van der Waals surface area contributed by atoms with Crippen LogP contribution < -0.4 is 12.4 Å². The van der Waals surface area contributed by atoms with Crippen molar-refractivity contribution in [1.82, 2.24) is 0 Å². The lowest BCUT2D eigenvalue weighted by Gasteiger charge is -2.48. The molecule has 0 aliphatic rings. The van der Waals surface area contributed by atoms with Crippen molar-refractivity contribution in [2.24, 2.45) is 0 Å². The van der Waals surface area contributed by atoms with Crippen molar-refractivity contribution < 1.29 is 31.1 Å². The van der Waals surface area contributed by atoms with Crippen molar-refractivity contribution >= 4 is 10.2 Å². The molecule has 0 bridgehead atoms. The number of hydrogen-bond donors (Lipinski definition) is 0. The average Bonchev–Trinajstić information content (AvgIpc) is 2.72. The summed E-state index contributed by atoms with van der Waals surface area (Å²) in [5.41, 5.74) is 0. The van der Waals surface area contributed by atoms with Crippen LogP contribution >= 0.6 is 0 Å². The molecule has 0 aromatic rings. The summed E-state index contributed by atoms with van der Waals surface area (Å²) in [6.45, 7) is 3.33. The van der Waals surface area contributed by atoms with Gasteiger partial charge in [-0.15, -0.1) is 0 Å². The molecule has 0 N–H and O–H groups in total. The summed E-state index contributed by atoms with van der Waals surface area (Å²) in [5.74, 6) is -0.715. The summed E-state index contributed by atoms with van der Waals surface area (Å²) in [6, 6.07) is 0.999. The predicted octanol–water partition coefficient (Wildman–Crippen LogP) is 2.29. The largest absolute Gasteiger partial charge is 1.00 e. The Morgan fingerprint density at radius 3 is 1.37 bits per heavy atom. The Morgan fingerprint density at radius 1 is 0.700 bits per heavy atom. The van der Waals surface area contributed by atoms with Gasteiger partial charge in [-0.1, -0.05) is 84.0 Å². The van der Waals surface area contributed by atoms with Crippen LogP contribution in [0.25, 0.3) is 0 Å². The number of likely N-dealkylation sites (N-methyl/N-ethyl adjacent to an activating group) is 1. The third kappa shape index (κ3) is 11.8. The maximum Gasteiger partial charge on any atom is 0.345 e. The molecule has 184 valence electrons. The van der Waals surface area contributed by atoms with E-state index in [1.165, 1.54) is 89.9 Å². The average molecular weight is 468 g/mol. The minimum absolute atomic E-state index is 0. The van der Waals surface area contributed by atoms with E-state index in [1.807, 2.05) is 0 Å². The van der Waals surface area contributed by atoms with Crippen LogP contribution in [0.5, 0.6) is 0 Å². The zero-order chi connectivity index (χ0) is 22.0. The van der Waals surface area contributed by atoms with Crippen LogP contribution in [0.15, 0.2) is 0 Å². The van der Waals surface area contributed by atoms with Gasteiger partial charge in [0, 0.05) is 31.6 Å². The van der Waals surface area contributed by atoms with Gasteiger partial charge in [-0.05, 0) is 18.9 Å². The van der Waals surface area contributed by atoms with Crippen LogP contribution in [-0.2, 0) is 14.2 Å². The van der Waals surface area contributed by atoms with Gasteiger partial charge in [-0.3, -0.25) is 4.48 Å². The van der Waals surface area contributed by atoms with Crippen molar-refractivity contribution in [3.05, 3.63) is 0 Å². The van der Waals surface area contributed by atoms with E-state index in [-0.39, 0.29) is 18.5 Å². The van der Waals surface area contributed by atoms with Gasteiger partial charge in [0.25, 0.3) is 0 Å². The lowest BCUT2D eigenvalue weighted by atomic mass is 10.0. The summed E-state index contributed by atoms with van der Waals surface area (Å²) < 4.78 is 18.2. The molecule has 0 saturated heterocycles. The fourth-order valence-corrected chi connectivity index (χ4v) is 5.51. The van der Waals surface area contributed by atoms with Gasteiger partial charge in [-0.25, -0.2) is 0 Å². The minimum atomic E-state index is -0.715. The number of unbranched alkanes of at least 4 members (excludes halogenated alkanes) is 13. The third-order valence-electron chi connectivity index (χ3n) is 6.56. The second kappa shape index (κ2) is 20.0. The summed E-state index contributed by atoms with van der Waals surface area (Å²) in [6.07, 6.45) is 19.4. The predicted molar refractivity (Wildman–Crippen MR) is 130 cm³/mol. The molecule has 4 nitrogen and oxygen atoms in total. The molecule has 0 heterocycles. The maximum absolute atomic E-state index is 5.91. The number of nitrogens with zero attached hydrogens (tertiary/aromatic N) is 1.